The molecule has 1 fully saturated rings. The van der Waals surface area contributed by atoms with Crippen molar-refractivity contribution in [2.75, 3.05) is 6.61 Å². The lowest BCUT2D eigenvalue weighted by molar-refractivity contribution is 0.0914. The zero-order valence-electron chi connectivity index (χ0n) is 17.8. The largest absolute Gasteiger partial charge is 0.486 e. The van der Waals surface area contributed by atoms with Crippen LogP contribution in [0.15, 0.2) is 39.9 Å². The molecule has 7 nitrogen and oxygen atoms in total. The maximum absolute atomic E-state index is 12.9. The number of carbonyl (C=O) groups excluding carboxylic acids is 1. The minimum Gasteiger partial charge on any atom is -0.486 e. The quantitative estimate of drug-likeness (QED) is 0.650. The van der Waals surface area contributed by atoms with Gasteiger partial charge in [0.15, 0.2) is 5.69 Å². The van der Waals surface area contributed by atoms with E-state index in [1.54, 1.807) is 6.92 Å². The molecule has 0 radical (unpaired) electrons. The Morgan fingerprint density at radius 1 is 1.13 bits per heavy atom. The molecule has 0 aliphatic heterocycles. The summed E-state index contributed by atoms with van der Waals surface area (Å²) in [5, 5.41) is 2.99. The van der Waals surface area contributed by atoms with Crippen molar-refractivity contribution < 1.29 is 9.53 Å². The third kappa shape index (κ3) is 5.01. The zero-order chi connectivity index (χ0) is 21.5. The molecular formula is C23H31N3O4. The third-order valence-corrected chi connectivity index (χ3v) is 5.76. The summed E-state index contributed by atoms with van der Waals surface area (Å²) in [4.78, 5) is 40.4. The summed E-state index contributed by atoms with van der Waals surface area (Å²) < 4.78 is 6.67. The first-order valence-corrected chi connectivity index (χ1v) is 10.9. The summed E-state index contributed by atoms with van der Waals surface area (Å²) >= 11 is 0. The highest BCUT2D eigenvalue weighted by Gasteiger charge is 2.26. The Bertz CT molecular complexity index is 957. The number of nitrogens with one attached hydrogen (secondary N) is 2. The van der Waals surface area contributed by atoms with Crippen LogP contribution in [0.25, 0.3) is 0 Å². The maximum Gasteiger partial charge on any atom is 0.329 e. The Balaban J connectivity index is 1.72. The van der Waals surface area contributed by atoms with E-state index in [4.69, 9.17) is 4.74 Å². The van der Waals surface area contributed by atoms with Gasteiger partial charge in [-0.15, -0.1) is 0 Å². The van der Waals surface area contributed by atoms with Crippen molar-refractivity contribution in [3.63, 3.8) is 0 Å². The molecular weight excluding hydrogens is 382 g/mol. The average molecular weight is 414 g/mol. The van der Waals surface area contributed by atoms with Gasteiger partial charge in [-0.1, -0.05) is 43.7 Å². The third-order valence-electron chi connectivity index (χ3n) is 5.76. The van der Waals surface area contributed by atoms with Gasteiger partial charge in [0.25, 0.3) is 11.5 Å². The number of amides is 1. The number of carbonyl (C=O) groups is 1. The number of nitrogens with zero attached hydrogens (tertiary/aromatic N) is 1. The van der Waals surface area contributed by atoms with Crippen molar-refractivity contribution in [1.82, 2.24) is 14.9 Å². The van der Waals surface area contributed by atoms with E-state index in [9.17, 15) is 14.4 Å². The molecule has 7 heteroatoms. The summed E-state index contributed by atoms with van der Waals surface area (Å²) in [6, 6.07) is 10.4. The summed E-state index contributed by atoms with van der Waals surface area (Å²) in [5.74, 6) is -0.0249. The number of aromatic amines is 1. The molecule has 1 amide bonds. The monoisotopic (exact) mass is 413 g/mol. The van der Waals surface area contributed by atoms with Crippen molar-refractivity contribution >= 4 is 5.91 Å². The Hall–Kier alpha value is -2.83. The SMILES string of the molecule is CCCCOc1c(C(=O)NC2CCC(c3ccccc3)CC2)[nH]c(=O)n(CC)c1=O. The van der Waals surface area contributed by atoms with Crippen LogP contribution in [-0.4, -0.2) is 28.1 Å². The molecule has 0 saturated heterocycles. The van der Waals surface area contributed by atoms with Gasteiger partial charge in [0.2, 0.25) is 5.75 Å². The van der Waals surface area contributed by atoms with Crippen molar-refractivity contribution in [3.8, 4) is 5.75 Å². The Labute approximate surface area is 176 Å². The summed E-state index contributed by atoms with van der Waals surface area (Å²) in [6.07, 6.45) is 5.35. The van der Waals surface area contributed by atoms with Crippen LogP contribution >= 0.6 is 0 Å². The van der Waals surface area contributed by atoms with E-state index >= 15 is 0 Å². The minimum absolute atomic E-state index is 0.0121. The number of ether oxygens (including phenoxy) is 1. The smallest absolute Gasteiger partial charge is 0.329 e. The lowest BCUT2D eigenvalue weighted by Crippen LogP contribution is -2.42. The molecule has 0 spiro atoms. The van der Waals surface area contributed by atoms with Crippen LogP contribution in [0, 0.1) is 0 Å². The van der Waals surface area contributed by atoms with Gasteiger partial charge in [0.1, 0.15) is 0 Å². The standard InChI is InChI=1S/C23H31N3O4/c1-3-5-15-30-20-19(25-23(29)26(4-2)22(20)28)21(27)24-18-13-11-17(12-14-18)16-9-7-6-8-10-16/h6-10,17-18H,3-5,11-15H2,1-2H3,(H,24,27)(H,25,29). The van der Waals surface area contributed by atoms with Gasteiger partial charge in [0, 0.05) is 12.6 Å². The molecule has 1 aliphatic rings. The number of unbranched alkanes of at least 4 members (excludes halogenated alkanes) is 1. The highest BCUT2D eigenvalue weighted by Crippen LogP contribution is 2.32. The molecule has 2 N–H and O–H groups in total. The number of rotatable bonds is 8. The number of hydrogen-bond donors (Lipinski definition) is 2. The fourth-order valence-corrected chi connectivity index (χ4v) is 4.01. The normalized spacial score (nSPS) is 18.7. The van der Waals surface area contributed by atoms with Gasteiger partial charge < -0.3 is 10.1 Å². The summed E-state index contributed by atoms with van der Waals surface area (Å²) in [6.45, 7) is 4.25. The number of aromatic nitrogens is 2. The van der Waals surface area contributed by atoms with E-state index in [2.05, 4.69) is 34.6 Å². The molecule has 2 aromatic rings. The number of H-pyrrole nitrogens is 1. The lowest BCUT2D eigenvalue weighted by Gasteiger charge is -2.29. The van der Waals surface area contributed by atoms with E-state index in [0.29, 0.717) is 12.5 Å². The Morgan fingerprint density at radius 2 is 1.83 bits per heavy atom. The molecule has 1 saturated carbocycles. The van der Waals surface area contributed by atoms with Gasteiger partial charge in [0.05, 0.1) is 6.61 Å². The maximum atomic E-state index is 12.9. The van der Waals surface area contributed by atoms with Crippen molar-refractivity contribution in [2.24, 2.45) is 0 Å². The highest BCUT2D eigenvalue weighted by molar-refractivity contribution is 5.94. The van der Waals surface area contributed by atoms with Gasteiger partial charge >= 0.3 is 5.69 Å². The van der Waals surface area contributed by atoms with Gasteiger partial charge in [-0.25, -0.2) is 4.79 Å². The molecule has 0 bridgehead atoms. The molecule has 162 valence electrons. The van der Waals surface area contributed by atoms with Crippen molar-refractivity contribution in [2.45, 2.75) is 70.9 Å². The first-order chi connectivity index (χ1) is 14.5. The predicted octanol–water partition coefficient (Wildman–Crippen LogP) is 3.19. The van der Waals surface area contributed by atoms with E-state index < -0.39 is 17.2 Å². The second-order valence-corrected chi connectivity index (χ2v) is 7.82. The number of hydrogen-bond acceptors (Lipinski definition) is 4. The summed E-state index contributed by atoms with van der Waals surface area (Å²) in [7, 11) is 0. The minimum atomic E-state index is -0.594. The molecule has 1 heterocycles. The van der Waals surface area contributed by atoms with Crippen molar-refractivity contribution in [1.29, 1.82) is 0 Å². The Kier molecular flexibility index (Phi) is 7.49. The fourth-order valence-electron chi connectivity index (χ4n) is 4.01. The molecule has 0 atom stereocenters. The van der Waals surface area contributed by atoms with Crippen LogP contribution in [0.5, 0.6) is 5.75 Å². The first-order valence-electron chi connectivity index (χ1n) is 10.9. The Morgan fingerprint density at radius 3 is 2.47 bits per heavy atom. The predicted molar refractivity (Wildman–Crippen MR) is 116 cm³/mol. The highest BCUT2D eigenvalue weighted by atomic mass is 16.5. The second kappa shape index (κ2) is 10.3. The van der Waals surface area contributed by atoms with Gasteiger partial charge in [-0.05, 0) is 50.5 Å². The van der Waals surface area contributed by atoms with Crippen LogP contribution in [-0.2, 0) is 6.54 Å². The van der Waals surface area contributed by atoms with Crippen molar-refractivity contribution in [3.05, 3.63) is 62.4 Å². The van der Waals surface area contributed by atoms with E-state index in [0.717, 1.165) is 43.1 Å². The topological polar surface area (TPSA) is 93.2 Å². The summed E-state index contributed by atoms with van der Waals surface area (Å²) in [5.41, 5.74) is 0.107. The van der Waals surface area contributed by atoms with Gasteiger partial charge in [-0.3, -0.25) is 19.1 Å². The first kappa shape index (κ1) is 21.9. The fraction of sp³-hybridized carbons (Fsp3) is 0.522. The van der Waals surface area contributed by atoms with E-state index in [-0.39, 0.29) is 24.0 Å². The molecule has 1 aromatic carbocycles. The van der Waals surface area contributed by atoms with Gasteiger partial charge in [-0.2, -0.15) is 0 Å². The lowest BCUT2D eigenvalue weighted by atomic mass is 9.82. The van der Waals surface area contributed by atoms with E-state index in [1.807, 2.05) is 13.0 Å². The second-order valence-electron chi connectivity index (χ2n) is 7.82. The molecule has 1 aliphatic carbocycles. The van der Waals surface area contributed by atoms with Crippen LogP contribution in [0.2, 0.25) is 0 Å². The average Bonchev–Trinajstić information content (AvgIpc) is 2.76. The van der Waals surface area contributed by atoms with Crippen LogP contribution in [0.4, 0.5) is 0 Å². The molecule has 3 rings (SSSR count). The molecule has 0 unspecified atom stereocenters. The molecule has 30 heavy (non-hydrogen) atoms. The zero-order valence-corrected chi connectivity index (χ0v) is 17.8. The molecule has 1 aromatic heterocycles. The van der Waals surface area contributed by atoms with Crippen LogP contribution < -0.4 is 21.3 Å². The van der Waals surface area contributed by atoms with Crippen LogP contribution in [0.3, 0.4) is 0 Å². The number of benzene rings is 1. The van der Waals surface area contributed by atoms with E-state index in [1.165, 1.54) is 5.56 Å². The van der Waals surface area contributed by atoms with Crippen LogP contribution in [0.1, 0.15) is 74.3 Å².